The predicted molar refractivity (Wildman–Crippen MR) is 132 cm³/mol. The molecule has 34 heavy (non-hydrogen) atoms. The molecule has 4 nitrogen and oxygen atoms in total. The molecule has 1 aromatic heterocycles. The van der Waals surface area contributed by atoms with Crippen LogP contribution in [0.3, 0.4) is 0 Å². The van der Waals surface area contributed by atoms with Gasteiger partial charge in [-0.2, -0.15) is 0 Å². The van der Waals surface area contributed by atoms with Crippen LogP contribution in [0.2, 0.25) is 0 Å². The van der Waals surface area contributed by atoms with E-state index in [0.717, 1.165) is 46.6 Å². The lowest BCUT2D eigenvalue weighted by molar-refractivity contribution is 0.414. The van der Waals surface area contributed by atoms with Crippen LogP contribution in [-0.4, -0.2) is 11.7 Å². The second-order valence-electron chi connectivity index (χ2n) is 8.44. The Labute approximate surface area is 199 Å². The highest BCUT2D eigenvalue weighted by Crippen LogP contribution is 2.41. The number of halogens is 1. The van der Waals surface area contributed by atoms with Gasteiger partial charge >= 0.3 is 0 Å². The second kappa shape index (κ2) is 8.22. The minimum atomic E-state index is -0.312. The zero-order chi connectivity index (χ0) is 23.2. The molecule has 0 bridgehead atoms. The highest BCUT2D eigenvalue weighted by atomic mass is 32.1. The molecule has 1 atom stereocenters. The van der Waals surface area contributed by atoms with E-state index in [9.17, 15) is 9.18 Å². The summed E-state index contributed by atoms with van der Waals surface area (Å²) in [5.74, 6) is 0.440. The maximum absolute atomic E-state index is 13.8. The maximum atomic E-state index is 13.8. The minimum absolute atomic E-state index is 0.0914. The Morgan fingerprint density at radius 1 is 1.06 bits per heavy atom. The zero-order valence-electron chi connectivity index (χ0n) is 18.5. The van der Waals surface area contributed by atoms with Crippen LogP contribution in [0.1, 0.15) is 34.7 Å². The number of methoxy groups -OCH3 is 1. The van der Waals surface area contributed by atoms with E-state index >= 15 is 0 Å². The van der Waals surface area contributed by atoms with Crippen molar-refractivity contribution in [2.75, 3.05) is 7.11 Å². The molecule has 0 fully saturated rings. The normalized spacial score (nSPS) is 17.0. The minimum Gasteiger partial charge on any atom is -0.497 e. The van der Waals surface area contributed by atoms with Crippen molar-refractivity contribution < 1.29 is 9.13 Å². The van der Waals surface area contributed by atoms with Crippen molar-refractivity contribution in [2.24, 2.45) is 4.99 Å². The average Bonchev–Trinajstić information content (AvgIpc) is 3.18. The van der Waals surface area contributed by atoms with Crippen molar-refractivity contribution in [3.05, 3.63) is 126 Å². The molecule has 0 amide bonds. The lowest BCUT2D eigenvalue weighted by Gasteiger charge is -2.30. The van der Waals surface area contributed by atoms with Crippen LogP contribution in [0.4, 0.5) is 4.39 Å². The molecule has 6 rings (SSSR count). The highest BCUT2D eigenvalue weighted by Gasteiger charge is 2.32. The topological polar surface area (TPSA) is 43.6 Å². The number of allylic oxidation sites excluding steroid dienone is 1. The van der Waals surface area contributed by atoms with Gasteiger partial charge in [-0.25, -0.2) is 9.38 Å². The van der Waals surface area contributed by atoms with E-state index in [1.165, 1.54) is 29.0 Å². The molecule has 1 aliphatic heterocycles. The molecule has 0 saturated heterocycles. The Kier molecular flexibility index (Phi) is 5.03. The van der Waals surface area contributed by atoms with E-state index in [4.69, 9.17) is 9.73 Å². The van der Waals surface area contributed by atoms with Gasteiger partial charge in [0.2, 0.25) is 0 Å². The fourth-order valence-electron chi connectivity index (χ4n) is 4.85. The molecular formula is C28H21FN2O2S. The Morgan fingerprint density at radius 3 is 2.71 bits per heavy atom. The fourth-order valence-corrected chi connectivity index (χ4v) is 5.85. The number of aryl methyl sites for hydroxylation is 1. The van der Waals surface area contributed by atoms with Crippen molar-refractivity contribution in [1.29, 1.82) is 0 Å². The maximum Gasteiger partial charge on any atom is 0.271 e. The predicted octanol–water partition coefficient (Wildman–Crippen LogP) is 4.47. The quantitative estimate of drug-likeness (QED) is 0.446. The van der Waals surface area contributed by atoms with Crippen molar-refractivity contribution >= 4 is 23.1 Å². The third-order valence-electron chi connectivity index (χ3n) is 6.45. The molecule has 4 aromatic rings. The number of aromatic nitrogens is 1. The first-order valence-corrected chi connectivity index (χ1v) is 12.0. The van der Waals surface area contributed by atoms with Crippen LogP contribution >= 0.6 is 11.3 Å². The number of hydrogen-bond donors (Lipinski definition) is 0. The fraction of sp³-hybridized carbons (Fsp3) is 0.143. The zero-order valence-corrected chi connectivity index (χ0v) is 19.3. The average molecular weight is 469 g/mol. The van der Waals surface area contributed by atoms with Gasteiger partial charge in [-0.3, -0.25) is 9.36 Å². The molecule has 0 unspecified atom stereocenters. The molecule has 2 heterocycles. The van der Waals surface area contributed by atoms with Gasteiger partial charge in [0, 0.05) is 5.56 Å². The van der Waals surface area contributed by atoms with Gasteiger partial charge in [0.25, 0.3) is 5.56 Å². The Bertz CT molecular complexity index is 1630. The van der Waals surface area contributed by atoms with Crippen molar-refractivity contribution in [3.63, 3.8) is 0 Å². The number of fused-ring (bicyclic) bond motifs is 3. The molecule has 0 saturated carbocycles. The van der Waals surface area contributed by atoms with Crippen LogP contribution in [0.25, 0.3) is 11.8 Å². The summed E-state index contributed by atoms with van der Waals surface area (Å²) in [6.07, 6.45) is 3.57. The van der Waals surface area contributed by atoms with Crippen molar-refractivity contribution in [3.8, 4) is 5.75 Å². The summed E-state index contributed by atoms with van der Waals surface area (Å²) in [6.45, 7) is 0. The first-order chi connectivity index (χ1) is 16.6. The summed E-state index contributed by atoms with van der Waals surface area (Å²) in [6, 6.07) is 22.1. The van der Waals surface area contributed by atoms with Crippen LogP contribution < -0.4 is 19.6 Å². The molecular weight excluding hydrogens is 447 g/mol. The van der Waals surface area contributed by atoms with E-state index in [0.29, 0.717) is 9.33 Å². The number of nitrogens with zero attached hydrogens (tertiary/aromatic N) is 2. The lowest BCUT2D eigenvalue weighted by atomic mass is 9.83. The Morgan fingerprint density at radius 2 is 1.88 bits per heavy atom. The smallest absolute Gasteiger partial charge is 0.271 e. The highest BCUT2D eigenvalue weighted by molar-refractivity contribution is 7.07. The Hall–Kier alpha value is -3.77. The summed E-state index contributed by atoms with van der Waals surface area (Å²) >= 11 is 1.38. The summed E-state index contributed by atoms with van der Waals surface area (Å²) < 4.78 is 21.5. The van der Waals surface area contributed by atoms with Crippen LogP contribution in [0.15, 0.2) is 88.2 Å². The van der Waals surface area contributed by atoms with Crippen molar-refractivity contribution in [1.82, 2.24) is 4.57 Å². The molecule has 3 aromatic carbocycles. The SMILES string of the molecule is COc1cccc(/C=c2\sc3n(c2=O)[C@@H](c2ccc(F)cc2)C2=C(N=3)c3ccccc3CC2)c1. The number of hydrogen-bond acceptors (Lipinski definition) is 4. The number of ether oxygens (including phenoxy) is 1. The molecule has 168 valence electrons. The van der Waals surface area contributed by atoms with Gasteiger partial charge in [0.05, 0.1) is 23.4 Å². The number of benzene rings is 3. The largest absolute Gasteiger partial charge is 0.497 e. The first-order valence-electron chi connectivity index (χ1n) is 11.1. The van der Waals surface area contributed by atoms with Gasteiger partial charge in [-0.05, 0) is 65.4 Å². The summed E-state index contributed by atoms with van der Waals surface area (Å²) in [5, 5.41) is 0. The third kappa shape index (κ3) is 3.42. The molecule has 6 heteroatoms. The second-order valence-corrected chi connectivity index (χ2v) is 9.45. The molecule has 0 spiro atoms. The van der Waals surface area contributed by atoms with Gasteiger partial charge < -0.3 is 4.74 Å². The molecule has 1 aliphatic carbocycles. The molecule has 0 radical (unpaired) electrons. The first kappa shape index (κ1) is 20.8. The summed E-state index contributed by atoms with van der Waals surface area (Å²) in [7, 11) is 1.62. The lowest BCUT2D eigenvalue weighted by Crippen LogP contribution is -2.38. The van der Waals surface area contributed by atoms with Gasteiger partial charge in [0.15, 0.2) is 4.80 Å². The monoisotopic (exact) mass is 468 g/mol. The van der Waals surface area contributed by atoms with Crippen LogP contribution in [-0.2, 0) is 6.42 Å². The van der Waals surface area contributed by atoms with Crippen LogP contribution in [0.5, 0.6) is 5.75 Å². The summed E-state index contributed by atoms with van der Waals surface area (Å²) in [5.41, 5.74) is 6.09. The van der Waals surface area contributed by atoms with E-state index in [2.05, 4.69) is 12.1 Å². The van der Waals surface area contributed by atoms with Crippen LogP contribution in [0, 0.1) is 5.82 Å². The van der Waals surface area contributed by atoms with Gasteiger partial charge in [0.1, 0.15) is 11.6 Å². The van der Waals surface area contributed by atoms with Crippen molar-refractivity contribution in [2.45, 2.75) is 18.9 Å². The molecule has 0 N–H and O–H groups in total. The number of thiazole rings is 1. The van der Waals surface area contributed by atoms with Gasteiger partial charge in [-0.15, -0.1) is 0 Å². The standard InChI is InChI=1S/C28H21FN2O2S/c1-33-21-7-4-5-17(15-21)16-24-27(32)31-26(19-9-12-20(29)13-10-19)23-14-11-18-6-2-3-8-22(18)25(23)30-28(31)34-24/h2-10,12-13,15-16,26H,11,14H2,1H3/b24-16-/t26-/m0/s1. The molecule has 2 aliphatic rings. The third-order valence-corrected chi connectivity index (χ3v) is 7.43. The van der Waals surface area contributed by atoms with E-state index in [1.54, 1.807) is 23.8 Å². The number of rotatable bonds is 3. The van der Waals surface area contributed by atoms with Gasteiger partial charge in [-0.1, -0.05) is 59.9 Å². The van der Waals surface area contributed by atoms with E-state index < -0.39 is 0 Å². The Balaban J connectivity index is 1.61. The summed E-state index contributed by atoms with van der Waals surface area (Å²) in [4.78, 5) is 19.4. The van der Waals surface area contributed by atoms with E-state index in [-0.39, 0.29) is 17.4 Å². The van der Waals surface area contributed by atoms with E-state index in [1.807, 2.05) is 42.5 Å².